The number of nitrogens with zero attached hydrogens (tertiary/aromatic N) is 2. The minimum absolute atomic E-state index is 0. The standard InChI is InChI=1S/C27H23N2O3.BrH/c1-17(2)14-28-16-29(15-23(30)20-12-11-18-7-3-4-8-19(18)13-20)25-24(28)26(31)21-9-5-6-10-22(21)27(25)32;/h3-13,16-17H,14-15H2,1-2H3;1H/q+1;/p-1. The van der Waals surface area contributed by atoms with Crippen molar-refractivity contribution in [2.24, 2.45) is 5.92 Å². The van der Waals surface area contributed by atoms with Gasteiger partial charge in [0.25, 0.3) is 0 Å². The number of hydrogen-bond acceptors (Lipinski definition) is 3. The minimum atomic E-state index is -0.219. The first-order valence-electron chi connectivity index (χ1n) is 10.8. The topological polar surface area (TPSA) is 60.0 Å². The quantitative estimate of drug-likeness (QED) is 0.268. The fraction of sp³-hybridized carbons (Fsp3) is 0.185. The lowest BCUT2D eigenvalue weighted by Gasteiger charge is -2.13. The summed E-state index contributed by atoms with van der Waals surface area (Å²) >= 11 is 0. The molecule has 1 aromatic heterocycles. The Balaban J connectivity index is 0.00000259. The van der Waals surface area contributed by atoms with Crippen molar-refractivity contribution in [1.29, 1.82) is 0 Å². The maximum atomic E-state index is 13.4. The fourth-order valence-electron chi connectivity index (χ4n) is 4.43. The number of ketones is 3. The summed E-state index contributed by atoms with van der Waals surface area (Å²) in [5.74, 6) is -0.225. The first-order valence-corrected chi connectivity index (χ1v) is 10.8. The summed E-state index contributed by atoms with van der Waals surface area (Å²) in [4.78, 5) is 39.9. The normalized spacial score (nSPS) is 12.5. The molecule has 1 aliphatic rings. The van der Waals surface area contributed by atoms with Gasteiger partial charge >= 0.3 is 0 Å². The molecule has 33 heavy (non-hydrogen) atoms. The average Bonchev–Trinajstić information content (AvgIpc) is 3.14. The Hall–Kier alpha value is -3.38. The number of benzene rings is 3. The van der Waals surface area contributed by atoms with Gasteiger partial charge in [-0.3, -0.25) is 14.4 Å². The van der Waals surface area contributed by atoms with Crippen molar-refractivity contribution in [1.82, 2.24) is 4.57 Å². The third-order valence-electron chi connectivity index (χ3n) is 5.87. The Labute approximate surface area is 202 Å². The summed E-state index contributed by atoms with van der Waals surface area (Å²) in [7, 11) is 0. The second-order valence-corrected chi connectivity index (χ2v) is 8.68. The van der Waals surface area contributed by atoms with Gasteiger partial charge in [0.2, 0.25) is 35.1 Å². The van der Waals surface area contributed by atoms with Gasteiger partial charge in [-0.05, 0) is 22.8 Å². The van der Waals surface area contributed by atoms with E-state index in [2.05, 4.69) is 13.8 Å². The zero-order valence-corrected chi connectivity index (χ0v) is 20.0. The molecule has 0 fully saturated rings. The fourth-order valence-corrected chi connectivity index (χ4v) is 4.43. The number of aromatic nitrogens is 2. The molecule has 0 amide bonds. The molecule has 5 nitrogen and oxygen atoms in total. The van der Waals surface area contributed by atoms with E-state index in [-0.39, 0.29) is 46.8 Å². The van der Waals surface area contributed by atoms with Gasteiger partial charge in [-0.2, -0.15) is 0 Å². The minimum Gasteiger partial charge on any atom is -1.00 e. The number of imidazole rings is 1. The third kappa shape index (κ3) is 3.95. The van der Waals surface area contributed by atoms with E-state index in [1.54, 1.807) is 35.2 Å². The van der Waals surface area contributed by atoms with Crippen LogP contribution in [0, 0.1) is 5.92 Å². The number of hydrogen-bond donors (Lipinski definition) is 0. The maximum absolute atomic E-state index is 13.4. The molecular formula is C27H23BrN2O3. The number of fused-ring (bicyclic) bond motifs is 3. The molecule has 0 saturated heterocycles. The van der Waals surface area contributed by atoms with E-state index in [9.17, 15) is 14.4 Å². The van der Waals surface area contributed by atoms with Crippen molar-refractivity contribution in [3.8, 4) is 0 Å². The van der Waals surface area contributed by atoms with E-state index < -0.39 is 0 Å². The van der Waals surface area contributed by atoms with Crippen LogP contribution in [-0.4, -0.2) is 21.9 Å². The van der Waals surface area contributed by atoms with Crippen molar-refractivity contribution in [3.63, 3.8) is 0 Å². The van der Waals surface area contributed by atoms with Gasteiger partial charge in [-0.15, -0.1) is 0 Å². The molecule has 5 rings (SSSR count). The lowest BCUT2D eigenvalue weighted by Crippen LogP contribution is -3.00. The van der Waals surface area contributed by atoms with Crippen LogP contribution in [0.3, 0.4) is 0 Å². The second-order valence-electron chi connectivity index (χ2n) is 8.68. The monoisotopic (exact) mass is 502 g/mol. The molecule has 0 radical (unpaired) electrons. The molecule has 0 saturated carbocycles. The van der Waals surface area contributed by atoms with E-state index in [4.69, 9.17) is 0 Å². The Morgan fingerprint density at radius 3 is 2.21 bits per heavy atom. The average molecular weight is 503 g/mol. The second kappa shape index (κ2) is 8.87. The van der Waals surface area contributed by atoms with Crippen LogP contribution < -0.4 is 21.5 Å². The van der Waals surface area contributed by atoms with Crippen LogP contribution in [0.1, 0.15) is 56.3 Å². The van der Waals surface area contributed by atoms with Gasteiger partial charge in [-0.1, -0.05) is 74.5 Å². The largest absolute Gasteiger partial charge is 1.00 e. The molecule has 1 heterocycles. The van der Waals surface area contributed by atoms with E-state index in [0.717, 1.165) is 10.8 Å². The lowest BCUT2D eigenvalue weighted by atomic mass is 9.89. The highest BCUT2D eigenvalue weighted by atomic mass is 79.9. The zero-order valence-electron chi connectivity index (χ0n) is 18.4. The van der Waals surface area contributed by atoms with Crippen molar-refractivity contribution >= 4 is 28.1 Å². The lowest BCUT2D eigenvalue weighted by molar-refractivity contribution is -0.684. The highest BCUT2D eigenvalue weighted by Crippen LogP contribution is 2.26. The van der Waals surface area contributed by atoms with Crippen LogP contribution in [-0.2, 0) is 13.1 Å². The SMILES string of the molecule is CC(C)Cn1c[n+](CC(=O)c2ccc3ccccc3c2)c2c1C(=O)c1ccccc1C2=O.[Br-]. The predicted molar refractivity (Wildman–Crippen MR) is 121 cm³/mol. The van der Waals surface area contributed by atoms with Gasteiger partial charge < -0.3 is 17.0 Å². The molecule has 0 bridgehead atoms. The number of halogens is 1. The summed E-state index contributed by atoms with van der Waals surface area (Å²) in [5, 5.41) is 2.05. The van der Waals surface area contributed by atoms with Crippen LogP contribution >= 0.6 is 0 Å². The first-order chi connectivity index (χ1) is 15.4. The Bertz CT molecular complexity index is 1420. The number of rotatable bonds is 5. The molecule has 0 aliphatic heterocycles. The molecule has 4 aromatic rings. The molecule has 3 aromatic carbocycles. The number of Topliss-reactive ketones (excluding diaryl/α,β-unsaturated/α-hetero) is 1. The molecule has 0 N–H and O–H groups in total. The Morgan fingerprint density at radius 1 is 0.879 bits per heavy atom. The van der Waals surface area contributed by atoms with Gasteiger partial charge in [0.05, 0.1) is 6.54 Å². The van der Waals surface area contributed by atoms with E-state index >= 15 is 0 Å². The summed E-state index contributed by atoms with van der Waals surface area (Å²) in [6, 6.07) is 20.4. The van der Waals surface area contributed by atoms with Crippen molar-refractivity contribution in [3.05, 3.63) is 101 Å². The van der Waals surface area contributed by atoms with Crippen LogP contribution in [0.25, 0.3) is 10.8 Å². The smallest absolute Gasteiger partial charge is 0.245 e. The zero-order chi connectivity index (χ0) is 22.4. The van der Waals surface area contributed by atoms with Crippen LogP contribution in [0.5, 0.6) is 0 Å². The third-order valence-corrected chi connectivity index (χ3v) is 5.87. The molecule has 6 heteroatoms. The van der Waals surface area contributed by atoms with Crippen molar-refractivity contribution in [2.45, 2.75) is 26.9 Å². The first kappa shape index (κ1) is 22.8. The Morgan fingerprint density at radius 2 is 1.52 bits per heavy atom. The summed E-state index contributed by atoms with van der Waals surface area (Å²) in [6.45, 7) is 4.69. The van der Waals surface area contributed by atoms with Crippen LogP contribution in [0.15, 0.2) is 73.1 Å². The summed E-state index contributed by atoms with van der Waals surface area (Å²) in [6.07, 6.45) is 1.74. The number of carbonyl (C=O) groups is 3. The summed E-state index contributed by atoms with van der Waals surface area (Å²) < 4.78 is 3.47. The summed E-state index contributed by atoms with van der Waals surface area (Å²) in [5.41, 5.74) is 2.05. The highest BCUT2D eigenvalue weighted by Gasteiger charge is 2.41. The van der Waals surface area contributed by atoms with Crippen molar-refractivity contribution in [2.75, 3.05) is 0 Å². The maximum Gasteiger partial charge on any atom is 0.245 e. The van der Waals surface area contributed by atoms with E-state index in [1.165, 1.54) is 0 Å². The molecule has 0 spiro atoms. The van der Waals surface area contributed by atoms with E-state index in [0.29, 0.717) is 34.6 Å². The van der Waals surface area contributed by atoms with Gasteiger partial charge in [0, 0.05) is 16.7 Å². The highest BCUT2D eigenvalue weighted by molar-refractivity contribution is 6.26. The number of carbonyl (C=O) groups excluding carboxylic acids is 3. The van der Waals surface area contributed by atoms with Crippen molar-refractivity contribution < 1.29 is 35.9 Å². The van der Waals surface area contributed by atoms with Gasteiger partial charge in [-0.25, -0.2) is 9.13 Å². The Kier molecular flexibility index (Phi) is 6.13. The van der Waals surface area contributed by atoms with Crippen LogP contribution in [0.2, 0.25) is 0 Å². The van der Waals surface area contributed by atoms with E-state index in [1.807, 2.05) is 47.0 Å². The predicted octanol–water partition coefficient (Wildman–Crippen LogP) is 1.25. The molecule has 1 aliphatic carbocycles. The molecule has 0 atom stereocenters. The van der Waals surface area contributed by atoms with Gasteiger partial charge in [0.15, 0.2) is 6.54 Å². The molecular weight excluding hydrogens is 480 g/mol. The van der Waals surface area contributed by atoms with Crippen LogP contribution in [0.4, 0.5) is 0 Å². The molecule has 0 unspecified atom stereocenters. The molecule has 166 valence electrons. The van der Waals surface area contributed by atoms with Gasteiger partial charge in [0.1, 0.15) is 0 Å².